The van der Waals surface area contributed by atoms with Gasteiger partial charge in [0.1, 0.15) is 28.8 Å². The van der Waals surface area contributed by atoms with Gasteiger partial charge in [0.15, 0.2) is 22.3 Å². The first-order chi connectivity index (χ1) is 28.1. The summed E-state index contributed by atoms with van der Waals surface area (Å²) >= 11 is 0. The van der Waals surface area contributed by atoms with Gasteiger partial charge in [0.25, 0.3) is 11.1 Å². The molecule has 3 aromatic carbocycles. The molecule has 294 valence electrons. The highest BCUT2D eigenvalue weighted by molar-refractivity contribution is 5.90. The van der Waals surface area contributed by atoms with Crippen molar-refractivity contribution in [2.75, 3.05) is 19.8 Å². The fourth-order valence-electron chi connectivity index (χ4n) is 6.23. The summed E-state index contributed by atoms with van der Waals surface area (Å²) in [6.45, 7) is 6.72. The number of rotatable bonds is 11. The van der Waals surface area contributed by atoms with Crippen LogP contribution in [0.4, 0.5) is 0 Å². The summed E-state index contributed by atoms with van der Waals surface area (Å²) in [7, 11) is 1.68. The van der Waals surface area contributed by atoms with Crippen LogP contribution in [0, 0.1) is 0 Å². The van der Waals surface area contributed by atoms with E-state index >= 15 is 0 Å². The van der Waals surface area contributed by atoms with Gasteiger partial charge in [-0.1, -0.05) is 24.3 Å². The van der Waals surface area contributed by atoms with E-state index in [1.54, 1.807) is 55.1 Å². The number of carbonyl (C=O) groups is 2. The minimum Gasteiger partial charge on any atom is -0.493 e. The maximum Gasteiger partial charge on any atom is 0.352 e. The number of nitrogens with one attached hydrogen (secondary N) is 4. The molecule has 0 aliphatic rings. The molecule has 8 aromatic rings. The van der Waals surface area contributed by atoms with Gasteiger partial charge in [-0.2, -0.15) is 0 Å². The lowest BCUT2D eigenvalue weighted by Gasteiger charge is -2.12. The van der Waals surface area contributed by atoms with E-state index in [9.17, 15) is 24.3 Å². The Bertz CT molecular complexity index is 2900. The molecule has 17 heteroatoms. The largest absolute Gasteiger partial charge is 0.493 e. The highest BCUT2D eigenvalue weighted by atomic mass is 16.5. The van der Waals surface area contributed by atoms with E-state index in [4.69, 9.17) is 14.2 Å². The molecule has 5 heterocycles. The molecule has 0 atom stereocenters. The fraction of sp³-hybridized carbons (Fsp3) is 0.171. The number of aromatic carboxylic acids is 1. The summed E-state index contributed by atoms with van der Waals surface area (Å²) in [4.78, 5) is 75.6. The number of aryl methyl sites for hydroxylation is 1. The summed E-state index contributed by atoms with van der Waals surface area (Å²) in [6.07, 6.45) is 4.59. The van der Waals surface area contributed by atoms with Crippen molar-refractivity contribution in [3.05, 3.63) is 118 Å². The van der Waals surface area contributed by atoms with Gasteiger partial charge in [0, 0.05) is 18.8 Å². The van der Waals surface area contributed by atoms with Crippen LogP contribution in [0.2, 0.25) is 0 Å². The Morgan fingerprint density at radius 3 is 1.64 bits per heavy atom. The SMILES string of the molecule is CCOC(=O)c1ccc(-c2ccc(-c3nc4nc[nH]c4c(=O)[nH]3)c(OCC)c2)cc1.CCOc1cc(-c2cc(C(=O)O)n(C)c2)ccc1-c1nc2nc[nH]c2c(=O)[nH]1. The lowest BCUT2D eigenvalue weighted by Crippen LogP contribution is -2.10. The van der Waals surface area contributed by atoms with Crippen molar-refractivity contribution in [1.29, 1.82) is 0 Å². The van der Waals surface area contributed by atoms with E-state index in [-0.39, 0.29) is 22.8 Å². The zero-order chi connectivity index (χ0) is 40.9. The number of nitrogens with zero attached hydrogens (tertiary/aromatic N) is 5. The Morgan fingerprint density at radius 2 is 1.17 bits per heavy atom. The van der Waals surface area contributed by atoms with E-state index in [0.717, 1.165) is 22.3 Å². The third-order valence-electron chi connectivity index (χ3n) is 8.95. The summed E-state index contributed by atoms with van der Waals surface area (Å²) in [5.41, 5.74) is 5.99. The predicted octanol–water partition coefficient (Wildman–Crippen LogP) is 5.97. The van der Waals surface area contributed by atoms with E-state index in [0.29, 0.717) is 82.0 Å². The van der Waals surface area contributed by atoms with Gasteiger partial charge in [-0.3, -0.25) is 9.59 Å². The van der Waals surface area contributed by atoms with Crippen LogP contribution in [0.25, 0.3) is 67.4 Å². The van der Waals surface area contributed by atoms with Crippen molar-refractivity contribution in [2.24, 2.45) is 7.05 Å². The van der Waals surface area contributed by atoms with Crippen LogP contribution < -0.4 is 20.6 Å². The quantitative estimate of drug-likeness (QED) is 0.0955. The number of ether oxygens (including phenoxy) is 3. The molecule has 0 aliphatic carbocycles. The van der Waals surface area contributed by atoms with Gasteiger partial charge in [-0.15, -0.1) is 0 Å². The molecule has 0 saturated carbocycles. The molecule has 5 aromatic heterocycles. The number of hydrogen-bond acceptors (Lipinski definition) is 11. The Hall–Kier alpha value is -7.82. The number of fused-ring (bicyclic) bond motifs is 2. The van der Waals surface area contributed by atoms with Crippen LogP contribution >= 0.6 is 0 Å². The topological polar surface area (TPSA) is 236 Å². The average Bonchev–Trinajstić information content (AvgIpc) is 3.99. The van der Waals surface area contributed by atoms with Crippen molar-refractivity contribution >= 4 is 34.3 Å². The third-order valence-corrected chi connectivity index (χ3v) is 8.95. The number of benzene rings is 3. The standard InChI is InChI=1S/C22H20N4O4.C19H17N5O4/c1-3-29-17-11-15(13-5-7-14(8-6-13)22(28)30-4-2)9-10-16(17)19-25-20-18(21(27)26-19)23-12-24-20;1-3-28-14-7-10(11-6-13(19(26)27)24(2)8-11)4-5-12(14)16-22-17-15(18(25)23-16)20-9-21-17/h5-12H,3-4H2,1-2H3,(H2,23,24,25,26,27);4-9H,3H2,1-2H3,(H,26,27)(H2,20,21,22,23,25). The first kappa shape index (κ1) is 38.5. The Balaban J connectivity index is 0.000000177. The molecule has 0 unspecified atom stereocenters. The van der Waals surface area contributed by atoms with E-state index in [2.05, 4.69) is 39.9 Å². The number of hydrogen-bond donors (Lipinski definition) is 5. The number of carbonyl (C=O) groups excluding carboxylic acids is 1. The normalized spacial score (nSPS) is 11.0. The fourth-order valence-corrected chi connectivity index (χ4v) is 6.23. The van der Waals surface area contributed by atoms with Crippen LogP contribution in [-0.4, -0.2) is 81.3 Å². The number of carboxylic acids is 1. The molecule has 0 radical (unpaired) electrons. The molecule has 0 aliphatic heterocycles. The zero-order valence-electron chi connectivity index (χ0n) is 31.7. The summed E-state index contributed by atoms with van der Waals surface area (Å²) in [5, 5.41) is 9.26. The smallest absolute Gasteiger partial charge is 0.352 e. The first-order valence-corrected chi connectivity index (χ1v) is 18.2. The van der Waals surface area contributed by atoms with Crippen molar-refractivity contribution in [1.82, 2.24) is 44.4 Å². The van der Waals surface area contributed by atoms with E-state index in [1.807, 2.05) is 50.2 Å². The van der Waals surface area contributed by atoms with Crippen LogP contribution in [0.3, 0.4) is 0 Å². The summed E-state index contributed by atoms with van der Waals surface area (Å²) < 4.78 is 18.1. The predicted molar refractivity (Wildman–Crippen MR) is 215 cm³/mol. The number of esters is 1. The Kier molecular flexibility index (Phi) is 10.9. The van der Waals surface area contributed by atoms with Gasteiger partial charge in [-0.05, 0) is 79.9 Å². The second-order valence-electron chi connectivity index (χ2n) is 12.6. The lowest BCUT2D eigenvalue weighted by molar-refractivity contribution is 0.0525. The minimum atomic E-state index is -0.996. The maximum atomic E-state index is 12.3. The molecule has 0 saturated heterocycles. The second-order valence-corrected chi connectivity index (χ2v) is 12.6. The van der Waals surface area contributed by atoms with Gasteiger partial charge in [0.05, 0.1) is 49.2 Å². The molecule has 0 amide bonds. The van der Waals surface area contributed by atoms with Crippen LogP contribution in [-0.2, 0) is 11.8 Å². The Labute approximate surface area is 328 Å². The highest BCUT2D eigenvalue weighted by Crippen LogP contribution is 2.35. The second kappa shape index (κ2) is 16.5. The number of imidazole rings is 2. The van der Waals surface area contributed by atoms with E-state index < -0.39 is 5.97 Å². The van der Waals surface area contributed by atoms with Crippen molar-refractivity contribution in [3.63, 3.8) is 0 Å². The molecular formula is C41H37N9O8. The Morgan fingerprint density at radius 1 is 0.672 bits per heavy atom. The third kappa shape index (κ3) is 7.81. The van der Waals surface area contributed by atoms with Gasteiger partial charge >= 0.3 is 11.9 Å². The summed E-state index contributed by atoms with van der Waals surface area (Å²) in [6, 6.07) is 19.8. The van der Waals surface area contributed by atoms with Crippen LogP contribution in [0.15, 0.2) is 95.2 Å². The molecule has 0 spiro atoms. The number of aromatic nitrogens is 9. The monoisotopic (exact) mass is 783 g/mol. The number of aromatic amines is 4. The zero-order valence-corrected chi connectivity index (χ0v) is 31.7. The maximum absolute atomic E-state index is 12.3. The van der Waals surface area contributed by atoms with Crippen molar-refractivity contribution in [2.45, 2.75) is 20.8 Å². The summed E-state index contributed by atoms with van der Waals surface area (Å²) in [5.74, 6) is 0.495. The molecule has 8 rings (SSSR count). The minimum absolute atomic E-state index is 0.187. The average molecular weight is 784 g/mol. The van der Waals surface area contributed by atoms with Gasteiger partial charge in [0.2, 0.25) is 0 Å². The van der Waals surface area contributed by atoms with Gasteiger partial charge in [-0.25, -0.2) is 29.5 Å². The number of carboxylic acid groups (broad SMARTS) is 1. The van der Waals surface area contributed by atoms with Gasteiger partial charge < -0.3 is 43.8 Å². The number of H-pyrrole nitrogens is 4. The van der Waals surface area contributed by atoms with E-state index in [1.165, 1.54) is 12.7 Å². The molecule has 58 heavy (non-hydrogen) atoms. The van der Waals surface area contributed by atoms with Crippen molar-refractivity contribution < 1.29 is 28.9 Å². The van der Waals surface area contributed by atoms with Crippen LogP contribution in [0.1, 0.15) is 41.6 Å². The van der Waals surface area contributed by atoms with Crippen molar-refractivity contribution in [3.8, 4) is 56.5 Å². The first-order valence-electron chi connectivity index (χ1n) is 18.2. The lowest BCUT2D eigenvalue weighted by atomic mass is 10.0. The molecular weight excluding hydrogens is 747 g/mol. The molecule has 0 bridgehead atoms. The van der Waals surface area contributed by atoms with Crippen LogP contribution in [0.5, 0.6) is 11.5 Å². The molecule has 0 fully saturated rings. The molecule has 17 nitrogen and oxygen atoms in total. The molecule has 5 N–H and O–H groups in total. The highest BCUT2D eigenvalue weighted by Gasteiger charge is 2.17.